The maximum atomic E-state index is 6.33. The molecule has 0 radical (unpaired) electrons. The first-order chi connectivity index (χ1) is 8.54. The maximum absolute atomic E-state index is 6.33. The number of nitrogens with two attached hydrogens (primary N) is 1. The van der Waals surface area contributed by atoms with Gasteiger partial charge < -0.3 is 10.5 Å². The van der Waals surface area contributed by atoms with Crippen molar-refractivity contribution < 1.29 is 4.74 Å². The monoisotopic (exact) mass is 265 g/mol. The zero-order chi connectivity index (χ0) is 13.3. The molecule has 0 spiro atoms. The van der Waals surface area contributed by atoms with E-state index in [-0.39, 0.29) is 0 Å². The van der Waals surface area contributed by atoms with Crippen molar-refractivity contribution in [2.45, 2.75) is 19.8 Å². The van der Waals surface area contributed by atoms with Crippen LogP contribution in [0, 0.1) is 0 Å². The van der Waals surface area contributed by atoms with Gasteiger partial charge in [-0.2, -0.15) is 5.10 Å². The number of nitrogens with one attached hydrogen (secondary N) is 1. The van der Waals surface area contributed by atoms with E-state index in [9.17, 15) is 0 Å². The molecule has 18 heavy (non-hydrogen) atoms. The quantitative estimate of drug-likeness (QED) is 0.893. The number of nitrogen functional groups attached to an aromatic ring is 1. The van der Waals surface area contributed by atoms with Gasteiger partial charge in [-0.1, -0.05) is 25.4 Å². The average Bonchev–Trinajstić information content (AvgIpc) is 2.73. The van der Waals surface area contributed by atoms with Crippen LogP contribution in [0.5, 0.6) is 5.75 Å². The van der Waals surface area contributed by atoms with Crippen LogP contribution in [0.25, 0.3) is 11.1 Å². The third-order valence-corrected chi connectivity index (χ3v) is 3.18. The molecule has 0 amide bonds. The van der Waals surface area contributed by atoms with Crippen LogP contribution in [0.2, 0.25) is 5.02 Å². The number of hydrogen-bond acceptors (Lipinski definition) is 3. The lowest BCUT2D eigenvalue weighted by atomic mass is 9.98. The third-order valence-electron chi connectivity index (χ3n) is 2.87. The highest BCUT2D eigenvalue weighted by Gasteiger charge is 2.15. The summed E-state index contributed by atoms with van der Waals surface area (Å²) < 4.78 is 5.41. The summed E-state index contributed by atoms with van der Waals surface area (Å²) in [6, 6.07) is 3.82. The number of methoxy groups -OCH3 is 1. The van der Waals surface area contributed by atoms with E-state index in [1.54, 1.807) is 13.3 Å². The minimum Gasteiger partial charge on any atom is -0.496 e. The van der Waals surface area contributed by atoms with Crippen LogP contribution in [-0.4, -0.2) is 17.3 Å². The molecular formula is C13H16ClN3O. The molecule has 0 saturated carbocycles. The Labute approximate surface area is 111 Å². The van der Waals surface area contributed by atoms with E-state index in [2.05, 4.69) is 24.0 Å². The maximum Gasteiger partial charge on any atom is 0.126 e. The number of ether oxygens (including phenoxy) is 1. The number of halogens is 1. The molecule has 5 heteroatoms. The number of H-pyrrole nitrogens is 1. The molecule has 1 heterocycles. The van der Waals surface area contributed by atoms with Crippen molar-refractivity contribution in [2.24, 2.45) is 0 Å². The van der Waals surface area contributed by atoms with Gasteiger partial charge in [0, 0.05) is 16.1 Å². The van der Waals surface area contributed by atoms with Crippen molar-refractivity contribution >= 4 is 17.4 Å². The van der Waals surface area contributed by atoms with Crippen LogP contribution in [0.15, 0.2) is 18.3 Å². The lowest BCUT2D eigenvalue weighted by Crippen LogP contribution is -1.97. The molecule has 0 aliphatic heterocycles. The summed E-state index contributed by atoms with van der Waals surface area (Å²) in [5.74, 6) is 1.58. The van der Waals surface area contributed by atoms with E-state index in [1.165, 1.54) is 0 Å². The normalized spacial score (nSPS) is 10.9. The molecule has 0 bridgehead atoms. The van der Waals surface area contributed by atoms with Gasteiger partial charge in [0.1, 0.15) is 11.6 Å². The van der Waals surface area contributed by atoms with Crippen LogP contribution in [-0.2, 0) is 0 Å². The summed E-state index contributed by atoms with van der Waals surface area (Å²) >= 11 is 6.33. The first-order valence-corrected chi connectivity index (χ1v) is 6.09. The minimum atomic E-state index is 0.295. The first kappa shape index (κ1) is 12.8. The Bertz CT molecular complexity index is 563. The predicted octanol–water partition coefficient (Wildman–Crippen LogP) is 3.44. The number of hydrogen-bond donors (Lipinski definition) is 2. The Morgan fingerprint density at radius 1 is 1.39 bits per heavy atom. The summed E-state index contributed by atoms with van der Waals surface area (Å²) in [6.45, 7) is 4.16. The van der Waals surface area contributed by atoms with Crippen molar-refractivity contribution in [3.63, 3.8) is 0 Å². The van der Waals surface area contributed by atoms with Gasteiger partial charge in [0.15, 0.2) is 0 Å². The Hall–Kier alpha value is -1.68. The summed E-state index contributed by atoms with van der Waals surface area (Å²) in [7, 11) is 1.64. The minimum absolute atomic E-state index is 0.295. The predicted molar refractivity (Wildman–Crippen MR) is 74.1 cm³/mol. The fourth-order valence-corrected chi connectivity index (χ4v) is 2.43. The van der Waals surface area contributed by atoms with Gasteiger partial charge in [0.2, 0.25) is 0 Å². The Morgan fingerprint density at radius 3 is 2.61 bits per heavy atom. The number of nitrogens with zero attached hydrogens (tertiary/aromatic N) is 1. The van der Waals surface area contributed by atoms with Gasteiger partial charge >= 0.3 is 0 Å². The molecule has 1 aromatic heterocycles. The molecule has 2 aromatic rings. The summed E-state index contributed by atoms with van der Waals surface area (Å²) in [6.07, 6.45) is 1.68. The van der Waals surface area contributed by atoms with E-state index in [4.69, 9.17) is 22.1 Å². The molecule has 0 atom stereocenters. The van der Waals surface area contributed by atoms with Gasteiger partial charge in [0.25, 0.3) is 0 Å². The summed E-state index contributed by atoms with van der Waals surface area (Å²) in [4.78, 5) is 0. The number of aromatic amines is 1. The van der Waals surface area contributed by atoms with Gasteiger partial charge in [-0.3, -0.25) is 5.10 Å². The molecular weight excluding hydrogens is 250 g/mol. The molecule has 1 aromatic carbocycles. The molecule has 0 aliphatic rings. The molecule has 0 saturated heterocycles. The number of rotatable bonds is 3. The SMILES string of the molecule is COc1cc(-c2cn[nH]c2N)cc(Cl)c1C(C)C. The van der Waals surface area contributed by atoms with Gasteiger partial charge in [-0.15, -0.1) is 0 Å². The average molecular weight is 266 g/mol. The first-order valence-electron chi connectivity index (χ1n) is 5.71. The van der Waals surface area contributed by atoms with Crippen molar-refractivity contribution in [3.05, 3.63) is 28.9 Å². The fraction of sp³-hybridized carbons (Fsp3) is 0.308. The molecule has 3 N–H and O–H groups in total. The second kappa shape index (κ2) is 4.90. The van der Waals surface area contributed by atoms with E-state index < -0.39 is 0 Å². The zero-order valence-corrected chi connectivity index (χ0v) is 11.4. The van der Waals surface area contributed by atoms with Crippen molar-refractivity contribution in [1.82, 2.24) is 10.2 Å². The molecule has 0 unspecified atom stereocenters. The zero-order valence-electron chi connectivity index (χ0n) is 10.6. The van der Waals surface area contributed by atoms with Crippen LogP contribution >= 0.6 is 11.6 Å². The van der Waals surface area contributed by atoms with E-state index in [0.29, 0.717) is 16.8 Å². The highest BCUT2D eigenvalue weighted by molar-refractivity contribution is 6.32. The van der Waals surface area contributed by atoms with E-state index >= 15 is 0 Å². The highest BCUT2D eigenvalue weighted by atomic mass is 35.5. The highest BCUT2D eigenvalue weighted by Crippen LogP contribution is 2.38. The number of aromatic nitrogens is 2. The molecule has 96 valence electrons. The molecule has 0 fully saturated rings. The fourth-order valence-electron chi connectivity index (χ4n) is 2.00. The van der Waals surface area contributed by atoms with E-state index in [0.717, 1.165) is 22.4 Å². The van der Waals surface area contributed by atoms with Crippen molar-refractivity contribution in [2.75, 3.05) is 12.8 Å². The Balaban J connectivity index is 2.60. The van der Waals surface area contributed by atoms with Gasteiger partial charge in [0.05, 0.1) is 13.3 Å². The Kier molecular flexibility index (Phi) is 3.48. The topological polar surface area (TPSA) is 63.9 Å². The van der Waals surface area contributed by atoms with Crippen LogP contribution < -0.4 is 10.5 Å². The largest absolute Gasteiger partial charge is 0.496 e. The third kappa shape index (κ3) is 2.16. The molecule has 4 nitrogen and oxygen atoms in total. The lowest BCUT2D eigenvalue weighted by Gasteiger charge is -2.15. The van der Waals surface area contributed by atoms with Crippen LogP contribution in [0.4, 0.5) is 5.82 Å². The second-order valence-electron chi connectivity index (χ2n) is 4.43. The lowest BCUT2D eigenvalue weighted by molar-refractivity contribution is 0.408. The van der Waals surface area contributed by atoms with Gasteiger partial charge in [-0.05, 0) is 23.6 Å². The Morgan fingerprint density at radius 2 is 2.11 bits per heavy atom. The van der Waals surface area contributed by atoms with Crippen molar-refractivity contribution in [3.8, 4) is 16.9 Å². The van der Waals surface area contributed by atoms with E-state index in [1.807, 2.05) is 12.1 Å². The summed E-state index contributed by atoms with van der Waals surface area (Å²) in [5, 5.41) is 7.29. The van der Waals surface area contributed by atoms with Crippen molar-refractivity contribution in [1.29, 1.82) is 0 Å². The number of benzene rings is 1. The number of anilines is 1. The molecule has 0 aliphatic carbocycles. The summed E-state index contributed by atoms with van der Waals surface area (Å²) in [5.41, 5.74) is 8.54. The second-order valence-corrected chi connectivity index (χ2v) is 4.83. The van der Waals surface area contributed by atoms with Crippen LogP contribution in [0.1, 0.15) is 25.3 Å². The van der Waals surface area contributed by atoms with Gasteiger partial charge in [-0.25, -0.2) is 0 Å². The van der Waals surface area contributed by atoms with Crippen LogP contribution in [0.3, 0.4) is 0 Å². The smallest absolute Gasteiger partial charge is 0.126 e. The standard InChI is InChI=1S/C13H16ClN3O/c1-7(2)12-10(14)4-8(5-11(12)18-3)9-6-16-17-13(9)15/h4-7H,1-3H3,(H3,15,16,17). The molecule has 2 rings (SSSR count).